The third-order valence-electron chi connectivity index (χ3n) is 7.37. The summed E-state index contributed by atoms with van der Waals surface area (Å²) in [6.45, 7) is 3.49. The van der Waals surface area contributed by atoms with Gasteiger partial charge in [0.1, 0.15) is 11.6 Å². The molecule has 0 bridgehead atoms. The van der Waals surface area contributed by atoms with E-state index in [1.165, 1.54) is 20.8 Å². The van der Waals surface area contributed by atoms with Gasteiger partial charge in [-0.25, -0.2) is 35.7 Å². The summed E-state index contributed by atoms with van der Waals surface area (Å²) in [5.74, 6) is -2.46. The first-order valence-corrected chi connectivity index (χ1v) is 15.8. The van der Waals surface area contributed by atoms with Gasteiger partial charge in [-0.2, -0.15) is 0 Å². The van der Waals surface area contributed by atoms with Crippen LogP contribution in [0, 0.1) is 17.2 Å². The highest BCUT2D eigenvalue weighted by Crippen LogP contribution is 2.43. The molecule has 2 N–H and O–H groups in total. The molecule has 3 aromatic rings. The maximum absolute atomic E-state index is 15.6. The van der Waals surface area contributed by atoms with Gasteiger partial charge in [-0.3, -0.25) is 4.79 Å². The van der Waals surface area contributed by atoms with Crippen LogP contribution in [-0.4, -0.2) is 47.4 Å². The molecule has 0 amide bonds. The quantitative estimate of drug-likeness (QED) is 0.208. The number of benzene rings is 1. The van der Waals surface area contributed by atoms with Crippen LogP contribution in [0.1, 0.15) is 76.4 Å². The molecule has 42 heavy (non-hydrogen) atoms. The number of hydrogen-bond donors (Lipinski definition) is 2. The number of alkyl halides is 3. The Balaban J connectivity index is 1.80. The van der Waals surface area contributed by atoms with E-state index in [9.17, 15) is 31.5 Å². The van der Waals surface area contributed by atoms with Crippen molar-refractivity contribution in [2.75, 3.05) is 6.67 Å². The Kier molecular flexibility index (Phi) is 9.72. The van der Waals surface area contributed by atoms with Crippen LogP contribution in [-0.2, 0) is 27.7 Å². The molecule has 1 saturated carbocycles. The number of aromatic nitrogens is 3. The normalized spacial score (nSPS) is 15.5. The molecule has 2 heterocycles. The third kappa shape index (κ3) is 6.83. The zero-order valence-corrected chi connectivity index (χ0v) is 24.9. The Bertz CT molecular complexity index is 1530. The van der Waals surface area contributed by atoms with Crippen LogP contribution < -0.4 is 4.72 Å². The van der Waals surface area contributed by atoms with Gasteiger partial charge in [0.15, 0.2) is 10.8 Å². The van der Waals surface area contributed by atoms with Crippen molar-refractivity contribution in [3.63, 3.8) is 0 Å². The second-order valence-electron chi connectivity index (χ2n) is 11.0. The van der Waals surface area contributed by atoms with E-state index in [4.69, 9.17) is 4.42 Å². The van der Waals surface area contributed by atoms with Gasteiger partial charge in [-0.1, -0.05) is 38.7 Å². The summed E-state index contributed by atoms with van der Waals surface area (Å²) in [7, 11) is -4.64. The summed E-state index contributed by atoms with van der Waals surface area (Å²) >= 11 is 0.920. The highest BCUT2D eigenvalue weighted by Gasteiger charge is 2.33. The number of halogens is 4. The monoisotopic (exact) mass is 632 g/mol. The minimum atomic E-state index is -4.64. The number of nitrogens with one attached hydrogen (secondary N) is 1. The Morgan fingerprint density at radius 3 is 2.52 bits per heavy atom. The number of carboxylic acid groups (broad SMARTS) is 1. The summed E-state index contributed by atoms with van der Waals surface area (Å²) in [6.07, 6.45) is 0.900. The number of hydrogen-bond acceptors (Lipinski definition) is 8. The summed E-state index contributed by atoms with van der Waals surface area (Å²) < 4.78 is 90.9. The van der Waals surface area contributed by atoms with Gasteiger partial charge in [0.05, 0.1) is 27.6 Å². The predicted molar refractivity (Wildman–Crippen MR) is 147 cm³/mol. The minimum absolute atomic E-state index is 0.0468. The lowest BCUT2D eigenvalue weighted by molar-refractivity contribution is -0.147. The number of nitrogens with zero attached hydrogens (tertiary/aromatic N) is 3. The van der Waals surface area contributed by atoms with Crippen LogP contribution in [0.3, 0.4) is 0 Å². The van der Waals surface area contributed by atoms with Gasteiger partial charge in [-0.15, -0.1) is 21.5 Å². The van der Waals surface area contributed by atoms with Crippen LogP contribution in [0.15, 0.2) is 21.4 Å². The van der Waals surface area contributed by atoms with E-state index in [2.05, 4.69) is 15.2 Å². The van der Waals surface area contributed by atoms with E-state index in [0.29, 0.717) is 12.1 Å². The summed E-state index contributed by atoms with van der Waals surface area (Å²) in [4.78, 5) is 15.3. The molecule has 4 rings (SSSR count). The molecular weight excluding hydrogens is 600 g/mol. The summed E-state index contributed by atoms with van der Waals surface area (Å²) in [5.41, 5.74) is -2.11. The molecule has 0 aliphatic heterocycles. The van der Waals surface area contributed by atoms with Crippen LogP contribution in [0.25, 0.3) is 21.3 Å². The van der Waals surface area contributed by atoms with E-state index < -0.39 is 56.8 Å². The molecule has 2 aromatic heterocycles. The van der Waals surface area contributed by atoms with Crippen LogP contribution in [0.5, 0.6) is 0 Å². The Morgan fingerprint density at radius 2 is 1.93 bits per heavy atom. The van der Waals surface area contributed by atoms with Gasteiger partial charge in [0, 0.05) is 12.0 Å². The smallest absolute Gasteiger partial charge is 0.309 e. The molecule has 0 saturated heterocycles. The molecule has 15 heteroatoms. The molecule has 9 nitrogen and oxygen atoms in total. The van der Waals surface area contributed by atoms with Crippen molar-refractivity contribution < 1.29 is 40.3 Å². The Morgan fingerprint density at radius 1 is 1.24 bits per heavy atom. The molecule has 1 aromatic carbocycles. The first-order valence-electron chi connectivity index (χ1n) is 13.5. The molecule has 1 aliphatic carbocycles. The fourth-order valence-corrected chi connectivity index (χ4v) is 7.29. The lowest BCUT2D eigenvalue weighted by Crippen LogP contribution is -2.36. The lowest BCUT2D eigenvalue weighted by atomic mass is 9.90. The number of carboxylic acids is 1. The van der Waals surface area contributed by atoms with Crippen molar-refractivity contribution in [3.8, 4) is 21.3 Å². The average Bonchev–Trinajstić information content (AvgIpc) is 3.68. The van der Waals surface area contributed by atoms with Crippen molar-refractivity contribution in [2.24, 2.45) is 11.3 Å². The first kappa shape index (κ1) is 32.0. The van der Waals surface area contributed by atoms with Crippen molar-refractivity contribution in [1.29, 1.82) is 0 Å². The number of aliphatic carboxylic acids is 1. The van der Waals surface area contributed by atoms with Crippen LogP contribution in [0.2, 0.25) is 0 Å². The van der Waals surface area contributed by atoms with Crippen LogP contribution in [0.4, 0.5) is 17.6 Å². The largest absolute Gasteiger partial charge is 0.481 e. The molecule has 1 fully saturated rings. The summed E-state index contributed by atoms with van der Waals surface area (Å²) in [6, 6.07) is 0.868. The second kappa shape index (κ2) is 12.8. The standard InChI is InChI=1S/C27H32F4N4O5S2/c1-4-15(13-28)35-42(38,39)18-10-9-16(20(21(18)29)23(30)31)22-17(11-14-7-5-6-8-14)32-25(41-22)24-34-33-19(40-24)12-27(2,3)26(36)37/h9-10,14-15,23,35H,4-8,11-13H2,1-3H3,(H,36,37)/t15-/m0/s1. The van der Waals surface area contributed by atoms with Gasteiger partial charge >= 0.3 is 5.97 Å². The lowest BCUT2D eigenvalue weighted by Gasteiger charge is -2.17. The molecular formula is C27H32F4N4O5S2. The number of carbonyl (C=O) groups is 1. The van der Waals surface area contributed by atoms with E-state index in [-0.39, 0.29) is 46.0 Å². The molecule has 0 unspecified atom stereocenters. The topological polar surface area (TPSA) is 135 Å². The van der Waals surface area contributed by atoms with E-state index in [1.807, 2.05) is 4.72 Å². The molecule has 0 radical (unpaired) electrons. The van der Waals surface area contributed by atoms with Crippen molar-refractivity contribution in [1.82, 2.24) is 19.9 Å². The van der Waals surface area contributed by atoms with Gasteiger partial charge in [-0.05, 0) is 38.7 Å². The van der Waals surface area contributed by atoms with Crippen LogP contribution >= 0.6 is 11.3 Å². The van der Waals surface area contributed by atoms with Crippen molar-refractivity contribution >= 4 is 27.3 Å². The third-order valence-corrected chi connectivity index (χ3v) is 10.0. The predicted octanol–water partition coefficient (Wildman–Crippen LogP) is 6.35. The molecule has 1 atom stereocenters. The maximum atomic E-state index is 15.6. The molecule has 0 spiro atoms. The van der Waals surface area contributed by atoms with E-state index >= 15 is 4.39 Å². The zero-order valence-electron chi connectivity index (χ0n) is 23.3. The highest BCUT2D eigenvalue weighted by atomic mass is 32.2. The highest BCUT2D eigenvalue weighted by molar-refractivity contribution is 7.89. The van der Waals surface area contributed by atoms with E-state index in [1.54, 1.807) is 0 Å². The fourth-order valence-electron chi connectivity index (χ4n) is 4.84. The minimum Gasteiger partial charge on any atom is -0.481 e. The Labute approximate surface area is 244 Å². The zero-order chi connectivity index (χ0) is 30.8. The average molecular weight is 633 g/mol. The fraction of sp³-hybridized carbons (Fsp3) is 0.556. The molecule has 1 aliphatic rings. The van der Waals surface area contributed by atoms with Gasteiger partial charge < -0.3 is 9.52 Å². The second-order valence-corrected chi connectivity index (χ2v) is 13.7. The number of thiazole rings is 1. The SMILES string of the molecule is CC[C@@H](CF)NS(=O)(=O)c1ccc(-c2sc(-c3nnc(CC(C)(C)C(=O)O)o3)nc2CC2CCCC2)c(C(F)F)c1F. The Hall–Kier alpha value is -2.91. The first-order chi connectivity index (χ1) is 19.8. The van der Waals surface area contributed by atoms with Gasteiger partial charge in [0.2, 0.25) is 15.9 Å². The molecule has 230 valence electrons. The number of rotatable bonds is 13. The number of sulfonamides is 1. The van der Waals surface area contributed by atoms with Crippen molar-refractivity contribution in [3.05, 3.63) is 35.1 Å². The maximum Gasteiger partial charge on any atom is 0.309 e. The van der Waals surface area contributed by atoms with E-state index in [0.717, 1.165) is 49.2 Å². The van der Waals surface area contributed by atoms with Crippen molar-refractivity contribution in [2.45, 2.75) is 83.1 Å². The summed E-state index contributed by atoms with van der Waals surface area (Å²) in [5, 5.41) is 17.5. The van der Waals surface area contributed by atoms with Gasteiger partial charge in [0.25, 0.3) is 12.3 Å².